The van der Waals surface area contributed by atoms with Crippen LogP contribution in [0.25, 0.3) is 0 Å². The number of nitrogens with two attached hydrogens (primary N) is 1. The first-order valence-electron chi connectivity index (χ1n) is 7.74. The maximum atomic E-state index is 12.1. The number of piperazine rings is 1. The van der Waals surface area contributed by atoms with Crippen LogP contribution in [0.15, 0.2) is 29.4 Å². The van der Waals surface area contributed by atoms with Crippen molar-refractivity contribution in [1.82, 2.24) is 19.3 Å². The van der Waals surface area contributed by atoms with Crippen LogP contribution < -0.4 is 10.6 Å². The van der Waals surface area contributed by atoms with E-state index < -0.39 is 0 Å². The lowest BCUT2D eigenvalue weighted by molar-refractivity contribution is -0.0754. The van der Waals surface area contributed by atoms with Gasteiger partial charge in [-0.05, 0) is 24.1 Å². The number of anilines is 2. The number of hydroxylamine groups is 2. The summed E-state index contributed by atoms with van der Waals surface area (Å²) in [5.41, 5.74) is 5.61. The predicted molar refractivity (Wildman–Crippen MR) is 99.5 cm³/mol. The van der Waals surface area contributed by atoms with Crippen LogP contribution in [0.1, 0.15) is 9.67 Å². The smallest absolute Gasteiger partial charge is 0.288 e. The van der Waals surface area contributed by atoms with E-state index in [4.69, 9.17) is 10.6 Å². The molecule has 3 heterocycles. The number of hydrogen-bond donors (Lipinski definition) is 1. The minimum atomic E-state index is -0.184. The number of aromatic nitrogens is 2. The van der Waals surface area contributed by atoms with Crippen molar-refractivity contribution in [2.24, 2.45) is 0 Å². The molecule has 1 aliphatic rings. The van der Waals surface area contributed by atoms with E-state index in [0.29, 0.717) is 10.7 Å². The molecule has 0 aliphatic carbocycles. The van der Waals surface area contributed by atoms with Gasteiger partial charge in [-0.25, -0.2) is 19.3 Å². The molecule has 0 atom stereocenters. The molecule has 1 aliphatic heterocycles. The Morgan fingerprint density at radius 2 is 2.04 bits per heavy atom. The number of carbonyl (C=O) groups is 1. The molecule has 134 valence electrons. The first kappa shape index (κ1) is 17.9. The standard InChI is InChI=1S/C15H20N6O2S2/c1-19(23-2)14(22)12-10-18-15(24-12)20-5-7-21(8-6-20)25-11-3-4-13(16)17-9-11/h3-4,9-10H,5-8H2,1-2H3,(H2,16,17). The van der Waals surface area contributed by atoms with Crippen molar-refractivity contribution < 1.29 is 9.63 Å². The Morgan fingerprint density at radius 1 is 1.28 bits per heavy atom. The van der Waals surface area contributed by atoms with Gasteiger partial charge in [0.2, 0.25) is 0 Å². The van der Waals surface area contributed by atoms with E-state index in [1.54, 1.807) is 31.4 Å². The zero-order valence-electron chi connectivity index (χ0n) is 14.1. The minimum Gasteiger partial charge on any atom is -0.384 e. The Morgan fingerprint density at radius 3 is 2.68 bits per heavy atom. The zero-order valence-corrected chi connectivity index (χ0v) is 15.7. The Kier molecular flexibility index (Phi) is 5.74. The summed E-state index contributed by atoms with van der Waals surface area (Å²) in [6.07, 6.45) is 3.40. The molecule has 0 spiro atoms. The summed E-state index contributed by atoms with van der Waals surface area (Å²) in [6, 6.07) is 3.79. The van der Waals surface area contributed by atoms with Gasteiger partial charge >= 0.3 is 0 Å². The number of thiazole rings is 1. The molecule has 2 aromatic rings. The lowest BCUT2D eigenvalue weighted by atomic mass is 10.4. The summed E-state index contributed by atoms with van der Waals surface area (Å²) >= 11 is 3.07. The molecular formula is C15H20N6O2S2. The van der Waals surface area contributed by atoms with Gasteiger partial charge in [0.05, 0.1) is 13.3 Å². The third-order valence-corrected chi connectivity index (χ3v) is 5.89. The third-order valence-electron chi connectivity index (χ3n) is 3.77. The maximum absolute atomic E-state index is 12.1. The minimum absolute atomic E-state index is 0.184. The van der Waals surface area contributed by atoms with E-state index in [2.05, 4.69) is 19.2 Å². The molecule has 0 unspecified atom stereocenters. The van der Waals surface area contributed by atoms with Crippen molar-refractivity contribution in [1.29, 1.82) is 0 Å². The predicted octanol–water partition coefficient (Wildman–Crippen LogP) is 1.58. The fraction of sp³-hybridized carbons (Fsp3) is 0.400. The number of hydrogen-bond acceptors (Lipinski definition) is 9. The highest BCUT2D eigenvalue weighted by atomic mass is 32.2. The van der Waals surface area contributed by atoms with Crippen LogP contribution in [-0.4, -0.2) is 65.6 Å². The molecule has 8 nitrogen and oxygen atoms in total. The number of carbonyl (C=O) groups excluding carboxylic acids is 1. The fourth-order valence-corrected chi connectivity index (χ4v) is 4.12. The summed E-state index contributed by atoms with van der Waals surface area (Å²) in [4.78, 5) is 29.4. The Hall–Kier alpha value is -1.88. The summed E-state index contributed by atoms with van der Waals surface area (Å²) in [5, 5.41) is 2.07. The zero-order chi connectivity index (χ0) is 17.8. The summed E-state index contributed by atoms with van der Waals surface area (Å²) in [5.74, 6) is 0.346. The van der Waals surface area contributed by atoms with Gasteiger partial charge in [-0.15, -0.1) is 0 Å². The Bertz CT molecular complexity index is 715. The Labute approximate surface area is 154 Å². The largest absolute Gasteiger partial charge is 0.384 e. The molecule has 1 amide bonds. The summed E-state index contributed by atoms with van der Waals surface area (Å²) < 4.78 is 2.29. The molecule has 10 heteroatoms. The van der Waals surface area contributed by atoms with Crippen LogP contribution in [-0.2, 0) is 4.84 Å². The third kappa shape index (κ3) is 4.40. The number of nitrogen functional groups attached to an aromatic ring is 1. The van der Waals surface area contributed by atoms with Crippen LogP contribution >= 0.6 is 23.3 Å². The van der Waals surface area contributed by atoms with Gasteiger partial charge in [0.1, 0.15) is 10.7 Å². The maximum Gasteiger partial charge on any atom is 0.288 e. The molecule has 3 rings (SSSR count). The SMILES string of the molecule is CON(C)C(=O)c1cnc(N2CCN(Sc3ccc(N)nc3)CC2)s1. The first-order chi connectivity index (χ1) is 12.1. The van der Waals surface area contributed by atoms with Crippen LogP contribution in [0.3, 0.4) is 0 Å². The second-order valence-electron chi connectivity index (χ2n) is 5.42. The highest BCUT2D eigenvalue weighted by molar-refractivity contribution is 7.97. The van der Waals surface area contributed by atoms with Crippen molar-refractivity contribution >= 4 is 40.1 Å². The van der Waals surface area contributed by atoms with Gasteiger partial charge < -0.3 is 10.6 Å². The molecular weight excluding hydrogens is 360 g/mol. The number of rotatable bonds is 5. The molecule has 0 saturated carbocycles. The molecule has 0 bridgehead atoms. The topological polar surface area (TPSA) is 87.8 Å². The molecule has 1 saturated heterocycles. The first-order valence-corrected chi connectivity index (χ1v) is 9.33. The van der Waals surface area contributed by atoms with Gasteiger partial charge in [0.25, 0.3) is 5.91 Å². The van der Waals surface area contributed by atoms with Crippen molar-refractivity contribution in [3.63, 3.8) is 0 Å². The lowest BCUT2D eigenvalue weighted by Gasteiger charge is -2.33. The number of amides is 1. The second kappa shape index (κ2) is 8.00. The van der Waals surface area contributed by atoms with Crippen LogP contribution in [0.5, 0.6) is 0 Å². The summed E-state index contributed by atoms with van der Waals surface area (Å²) in [7, 11) is 3.05. The Balaban J connectivity index is 1.54. The van der Waals surface area contributed by atoms with Crippen molar-refractivity contribution in [2.45, 2.75) is 4.90 Å². The average molecular weight is 380 g/mol. The van der Waals surface area contributed by atoms with E-state index in [1.165, 1.54) is 23.5 Å². The lowest BCUT2D eigenvalue weighted by Crippen LogP contribution is -2.43. The monoisotopic (exact) mass is 380 g/mol. The van der Waals surface area contributed by atoms with E-state index >= 15 is 0 Å². The molecule has 25 heavy (non-hydrogen) atoms. The van der Waals surface area contributed by atoms with E-state index in [9.17, 15) is 4.79 Å². The fourth-order valence-electron chi connectivity index (χ4n) is 2.31. The average Bonchev–Trinajstić information content (AvgIpc) is 3.13. The van der Waals surface area contributed by atoms with Gasteiger partial charge in [0.15, 0.2) is 5.13 Å². The van der Waals surface area contributed by atoms with Crippen LogP contribution in [0, 0.1) is 0 Å². The molecule has 0 aromatic carbocycles. The highest BCUT2D eigenvalue weighted by Gasteiger charge is 2.22. The van der Waals surface area contributed by atoms with Crippen molar-refractivity contribution in [3.8, 4) is 0 Å². The van der Waals surface area contributed by atoms with Crippen LogP contribution in [0.4, 0.5) is 10.9 Å². The van der Waals surface area contributed by atoms with Gasteiger partial charge in [-0.1, -0.05) is 11.3 Å². The molecule has 1 fully saturated rings. The van der Waals surface area contributed by atoms with Gasteiger partial charge in [-0.2, -0.15) is 0 Å². The molecule has 2 aromatic heterocycles. The second-order valence-corrected chi connectivity index (χ2v) is 7.60. The highest BCUT2D eigenvalue weighted by Crippen LogP contribution is 2.28. The number of nitrogens with zero attached hydrogens (tertiary/aromatic N) is 5. The van der Waals surface area contributed by atoms with Crippen LogP contribution in [0.2, 0.25) is 0 Å². The number of pyridine rings is 1. The molecule has 2 N–H and O–H groups in total. The van der Waals surface area contributed by atoms with Crippen molar-refractivity contribution in [2.75, 3.05) is 51.0 Å². The van der Waals surface area contributed by atoms with E-state index in [1.807, 2.05) is 12.1 Å². The van der Waals surface area contributed by atoms with E-state index in [0.717, 1.165) is 36.2 Å². The summed E-state index contributed by atoms with van der Waals surface area (Å²) in [6.45, 7) is 3.51. The van der Waals surface area contributed by atoms with Crippen molar-refractivity contribution in [3.05, 3.63) is 29.4 Å². The van der Waals surface area contributed by atoms with Gasteiger partial charge in [0, 0.05) is 44.3 Å². The normalized spacial score (nSPS) is 15.4. The quantitative estimate of drug-likeness (QED) is 0.618. The van der Waals surface area contributed by atoms with E-state index in [-0.39, 0.29) is 5.91 Å². The molecule has 0 radical (unpaired) electrons. The van der Waals surface area contributed by atoms with Gasteiger partial charge in [-0.3, -0.25) is 9.63 Å².